The number of sulfonamides is 1. The molecule has 46 heavy (non-hydrogen) atoms. The minimum Gasteiger partial charge on any atom is -0.465 e. The molecule has 0 unspecified atom stereocenters. The third-order valence-corrected chi connectivity index (χ3v) is 8.63. The van der Waals surface area contributed by atoms with E-state index in [1.54, 1.807) is 0 Å². The van der Waals surface area contributed by atoms with Gasteiger partial charge >= 0.3 is 33.4 Å². The third kappa shape index (κ3) is 8.41. The lowest BCUT2D eigenvalue weighted by Crippen LogP contribution is -2.31. The quantitative estimate of drug-likeness (QED) is 0.244. The van der Waals surface area contributed by atoms with Crippen LogP contribution in [0.3, 0.4) is 0 Å². The van der Waals surface area contributed by atoms with Crippen LogP contribution in [0.4, 0.5) is 18.9 Å². The molecule has 1 aliphatic heterocycles. The van der Waals surface area contributed by atoms with Gasteiger partial charge in [-0.2, -0.15) is 21.6 Å². The molecule has 2 aromatic rings. The van der Waals surface area contributed by atoms with Gasteiger partial charge < -0.3 is 14.2 Å². The second-order valence-corrected chi connectivity index (χ2v) is 14.6. The summed E-state index contributed by atoms with van der Waals surface area (Å²) in [5, 5.41) is 0.0374. The molecular formula is C32H37ClF3NO8S. The van der Waals surface area contributed by atoms with Gasteiger partial charge in [0.25, 0.3) is 0 Å². The van der Waals surface area contributed by atoms with Crippen LogP contribution >= 0.6 is 11.6 Å². The van der Waals surface area contributed by atoms with E-state index in [-0.39, 0.29) is 22.4 Å². The molecule has 1 spiro atoms. The van der Waals surface area contributed by atoms with Crippen molar-refractivity contribution in [2.45, 2.75) is 84.8 Å². The number of methoxy groups -OCH3 is 1. The number of esters is 3. The SMILES string of the molecule is COC(=O)c1cc(Cl)ccc1NS(=O)(=O)C(F)(F)F.Cc1cc(C)c(C2=C(OC(=O)CC(C)(C)C)C3(CCCC3)OC2=O)c(C)c1. The Bertz CT molecular complexity index is 1650. The zero-order chi connectivity index (χ0) is 34.8. The van der Waals surface area contributed by atoms with Crippen LogP contribution in [0, 0.1) is 26.2 Å². The smallest absolute Gasteiger partial charge is 0.465 e. The van der Waals surface area contributed by atoms with Crippen molar-refractivity contribution in [1.29, 1.82) is 0 Å². The summed E-state index contributed by atoms with van der Waals surface area (Å²) in [6, 6.07) is 7.15. The van der Waals surface area contributed by atoms with E-state index in [0.717, 1.165) is 60.4 Å². The van der Waals surface area contributed by atoms with Crippen molar-refractivity contribution in [2.75, 3.05) is 11.8 Å². The number of alkyl halides is 3. The highest BCUT2D eigenvalue weighted by molar-refractivity contribution is 7.93. The molecule has 1 fully saturated rings. The van der Waals surface area contributed by atoms with Gasteiger partial charge in [0.1, 0.15) is 5.57 Å². The molecule has 2 aliphatic rings. The maximum atomic E-state index is 12.9. The molecule has 0 radical (unpaired) electrons. The van der Waals surface area contributed by atoms with Gasteiger partial charge in [0.05, 0.1) is 24.8 Å². The second-order valence-electron chi connectivity index (χ2n) is 12.5. The fourth-order valence-corrected chi connectivity index (χ4v) is 6.23. The average molecular weight is 688 g/mol. The molecule has 14 heteroatoms. The Labute approximate surface area is 271 Å². The van der Waals surface area contributed by atoms with E-state index in [0.29, 0.717) is 30.6 Å². The number of halogens is 4. The predicted octanol–water partition coefficient (Wildman–Crippen LogP) is 7.56. The third-order valence-electron chi connectivity index (χ3n) is 7.30. The lowest BCUT2D eigenvalue weighted by molar-refractivity contribution is -0.153. The summed E-state index contributed by atoms with van der Waals surface area (Å²) in [6.07, 6.45) is 3.65. The molecule has 1 N–H and O–H groups in total. The summed E-state index contributed by atoms with van der Waals surface area (Å²) in [4.78, 5) is 36.9. The zero-order valence-corrected chi connectivity index (χ0v) is 28.2. The normalized spacial score (nSPS) is 16.1. The molecule has 0 aromatic heterocycles. The van der Waals surface area contributed by atoms with Crippen LogP contribution < -0.4 is 4.72 Å². The van der Waals surface area contributed by atoms with E-state index in [2.05, 4.69) is 16.9 Å². The highest BCUT2D eigenvalue weighted by Crippen LogP contribution is 2.49. The lowest BCUT2D eigenvalue weighted by Gasteiger charge is -2.26. The first-order chi connectivity index (χ1) is 21.1. The van der Waals surface area contributed by atoms with Crippen LogP contribution in [0.2, 0.25) is 5.02 Å². The van der Waals surface area contributed by atoms with Crippen molar-refractivity contribution in [1.82, 2.24) is 0 Å². The Morgan fingerprint density at radius 2 is 1.59 bits per heavy atom. The second kappa shape index (κ2) is 13.6. The zero-order valence-electron chi connectivity index (χ0n) is 26.6. The number of carbonyl (C=O) groups excluding carboxylic acids is 3. The van der Waals surface area contributed by atoms with Crippen molar-refractivity contribution >= 4 is 50.8 Å². The maximum absolute atomic E-state index is 12.9. The number of carbonyl (C=O) groups is 3. The summed E-state index contributed by atoms with van der Waals surface area (Å²) in [5.74, 6) is -1.26. The number of hydrogen-bond acceptors (Lipinski definition) is 8. The Morgan fingerprint density at radius 1 is 1.02 bits per heavy atom. The van der Waals surface area contributed by atoms with Gasteiger partial charge in [-0.3, -0.25) is 9.52 Å². The summed E-state index contributed by atoms with van der Waals surface area (Å²) in [6.45, 7) is 12.0. The monoisotopic (exact) mass is 687 g/mol. The number of aryl methyl sites for hydroxylation is 3. The predicted molar refractivity (Wildman–Crippen MR) is 166 cm³/mol. The number of ether oxygens (including phenoxy) is 3. The summed E-state index contributed by atoms with van der Waals surface area (Å²) >= 11 is 5.57. The summed E-state index contributed by atoms with van der Waals surface area (Å²) in [7, 11) is -4.64. The average Bonchev–Trinajstić information content (AvgIpc) is 3.47. The Kier molecular flexibility index (Phi) is 10.9. The van der Waals surface area contributed by atoms with Gasteiger partial charge in [0.15, 0.2) is 11.4 Å². The molecule has 252 valence electrons. The van der Waals surface area contributed by atoms with E-state index < -0.39 is 38.4 Å². The van der Waals surface area contributed by atoms with E-state index in [1.807, 2.05) is 41.5 Å². The maximum Gasteiger partial charge on any atom is 0.516 e. The van der Waals surface area contributed by atoms with Crippen molar-refractivity contribution in [2.24, 2.45) is 5.41 Å². The fraction of sp³-hybridized carbons (Fsp3) is 0.469. The number of nitrogens with one attached hydrogen (secondary N) is 1. The first-order valence-electron chi connectivity index (χ1n) is 14.3. The molecule has 4 rings (SSSR count). The molecule has 1 heterocycles. The summed E-state index contributed by atoms with van der Waals surface area (Å²) < 4.78 is 75.9. The molecule has 2 aromatic carbocycles. The van der Waals surface area contributed by atoms with Crippen LogP contribution in [0.5, 0.6) is 0 Å². The van der Waals surface area contributed by atoms with Crippen LogP contribution in [-0.4, -0.2) is 44.5 Å². The topological polar surface area (TPSA) is 125 Å². The van der Waals surface area contributed by atoms with E-state index >= 15 is 0 Å². The molecule has 1 saturated carbocycles. The first-order valence-corrected chi connectivity index (χ1v) is 16.2. The Balaban J connectivity index is 0.000000268. The van der Waals surface area contributed by atoms with Gasteiger partial charge in [-0.05, 0) is 86.8 Å². The van der Waals surface area contributed by atoms with Crippen molar-refractivity contribution < 1.29 is 50.2 Å². The number of benzene rings is 2. The number of rotatable bonds is 6. The molecule has 9 nitrogen and oxygen atoms in total. The van der Waals surface area contributed by atoms with Crippen molar-refractivity contribution in [3.8, 4) is 0 Å². The molecular weight excluding hydrogens is 651 g/mol. The van der Waals surface area contributed by atoms with Gasteiger partial charge in [0.2, 0.25) is 0 Å². The molecule has 1 aliphatic carbocycles. The number of hydrogen-bond donors (Lipinski definition) is 1. The van der Waals surface area contributed by atoms with Crippen molar-refractivity contribution in [3.05, 3.63) is 68.9 Å². The largest absolute Gasteiger partial charge is 0.516 e. The highest BCUT2D eigenvalue weighted by atomic mass is 35.5. The fourth-order valence-electron chi connectivity index (χ4n) is 5.47. The first kappa shape index (κ1) is 36.9. The Hall–Kier alpha value is -3.58. The molecule has 0 bridgehead atoms. The van der Waals surface area contributed by atoms with E-state index in [1.165, 1.54) is 4.72 Å². The lowest BCUT2D eigenvalue weighted by atomic mass is 9.89. The van der Waals surface area contributed by atoms with Gasteiger partial charge in [-0.1, -0.05) is 50.1 Å². The summed E-state index contributed by atoms with van der Waals surface area (Å²) in [5.41, 5.74) is -3.04. The highest BCUT2D eigenvalue weighted by Gasteiger charge is 2.53. The Morgan fingerprint density at radius 3 is 2.09 bits per heavy atom. The molecule has 0 amide bonds. The van der Waals surface area contributed by atoms with Crippen LogP contribution in [0.25, 0.3) is 5.57 Å². The number of anilines is 1. The minimum absolute atomic E-state index is 0.0374. The standard InChI is InChI=1S/C23H30O4.C9H7ClF3NO4S/c1-14-11-15(2)18(16(3)12-14)19-20(26-17(24)13-22(4,5)6)23(27-21(19)25)9-7-8-10-23;1-18-8(15)6-4-5(10)2-3-7(6)14-19(16,17)9(11,12)13/h11-12H,7-10,13H2,1-6H3;2-4,14H,1H3. The van der Waals surface area contributed by atoms with Crippen LogP contribution in [0.15, 0.2) is 36.1 Å². The van der Waals surface area contributed by atoms with E-state index in [4.69, 9.17) is 21.1 Å². The van der Waals surface area contributed by atoms with Crippen LogP contribution in [0.1, 0.15) is 85.5 Å². The van der Waals surface area contributed by atoms with E-state index in [9.17, 15) is 36.0 Å². The van der Waals surface area contributed by atoms with Gasteiger partial charge in [-0.15, -0.1) is 0 Å². The van der Waals surface area contributed by atoms with Gasteiger partial charge in [0, 0.05) is 5.02 Å². The minimum atomic E-state index is -5.63. The molecule has 0 atom stereocenters. The van der Waals surface area contributed by atoms with Crippen molar-refractivity contribution in [3.63, 3.8) is 0 Å². The van der Waals surface area contributed by atoms with Crippen LogP contribution in [-0.2, 0) is 33.8 Å². The molecule has 0 saturated heterocycles. The van der Waals surface area contributed by atoms with Gasteiger partial charge in [-0.25, -0.2) is 9.59 Å².